The van der Waals surface area contributed by atoms with Gasteiger partial charge in [0.15, 0.2) is 0 Å². The van der Waals surface area contributed by atoms with E-state index < -0.39 is 0 Å². The first-order valence-electron chi connectivity index (χ1n) is 8.05. The van der Waals surface area contributed by atoms with Crippen LogP contribution in [0.4, 0.5) is 5.69 Å². The minimum Gasteiger partial charge on any atom is -0.393 e. The van der Waals surface area contributed by atoms with Crippen LogP contribution in [-0.4, -0.2) is 35.2 Å². The van der Waals surface area contributed by atoms with E-state index in [0.29, 0.717) is 6.04 Å². The number of likely N-dealkylation sites (tertiary alicyclic amines) is 1. The third kappa shape index (κ3) is 3.74. The number of nitrogens with one attached hydrogen (secondary N) is 1. The predicted molar refractivity (Wildman–Crippen MR) is 82.8 cm³/mol. The number of rotatable bonds is 4. The van der Waals surface area contributed by atoms with E-state index in [-0.39, 0.29) is 6.10 Å². The summed E-state index contributed by atoms with van der Waals surface area (Å²) in [4.78, 5) is 2.54. The minimum absolute atomic E-state index is 0.0745. The van der Waals surface area contributed by atoms with Gasteiger partial charge in [0.25, 0.3) is 0 Å². The second kappa shape index (κ2) is 6.59. The molecule has 1 aromatic carbocycles. The summed E-state index contributed by atoms with van der Waals surface area (Å²) >= 11 is 0. The lowest BCUT2D eigenvalue weighted by Gasteiger charge is -2.27. The highest BCUT2D eigenvalue weighted by molar-refractivity contribution is 5.46. The molecule has 2 aliphatic rings. The number of nitrogens with zero attached hydrogens (tertiary/aromatic N) is 1. The Bertz CT molecular complexity index is 421. The van der Waals surface area contributed by atoms with Crippen molar-refractivity contribution in [2.24, 2.45) is 0 Å². The number of hydrogen-bond acceptors (Lipinski definition) is 3. The summed E-state index contributed by atoms with van der Waals surface area (Å²) in [5, 5.41) is 13.2. The molecule has 20 heavy (non-hydrogen) atoms. The highest BCUT2D eigenvalue weighted by Crippen LogP contribution is 2.23. The molecule has 1 aliphatic carbocycles. The molecule has 3 heteroatoms. The standard InChI is InChI=1S/C17H26N2O/c20-17-8-6-15(7-9-17)18-16-5-3-4-14(12-16)13-19-10-1-2-11-19/h3-5,12,15,17-18,20H,1-2,6-11,13H2. The zero-order chi connectivity index (χ0) is 13.8. The van der Waals surface area contributed by atoms with Crippen LogP contribution in [0.25, 0.3) is 0 Å². The van der Waals surface area contributed by atoms with E-state index in [1.165, 1.54) is 37.2 Å². The molecule has 1 heterocycles. The van der Waals surface area contributed by atoms with Gasteiger partial charge < -0.3 is 10.4 Å². The summed E-state index contributed by atoms with van der Waals surface area (Å²) in [6, 6.07) is 9.38. The van der Waals surface area contributed by atoms with Crippen LogP contribution in [0.3, 0.4) is 0 Å². The molecule has 2 N–H and O–H groups in total. The molecular weight excluding hydrogens is 248 g/mol. The maximum atomic E-state index is 9.56. The van der Waals surface area contributed by atoms with E-state index in [1.807, 2.05) is 0 Å². The molecule has 0 amide bonds. The van der Waals surface area contributed by atoms with Gasteiger partial charge in [-0.2, -0.15) is 0 Å². The van der Waals surface area contributed by atoms with Crippen molar-refractivity contribution in [3.05, 3.63) is 29.8 Å². The van der Waals surface area contributed by atoms with Crippen molar-refractivity contribution in [1.29, 1.82) is 0 Å². The fraction of sp³-hybridized carbons (Fsp3) is 0.647. The van der Waals surface area contributed by atoms with Crippen molar-refractivity contribution in [1.82, 2.24) is 4.90 Å². The zero-order valence-electron chi connectivity index (χ0n) is 12.2. The monoisotopic (exact) mass is 274 g/mol. The largest absolute Gasteiger partial charge is 0.393 e. The Morgan fingerprint density at radius 2 is 1.85 bits per heavy atom. The maximum absolute atomic E-state index is 9.56. The molecule has 1 aliphatic heterocycles. The Morgan fingerprint density at radius 1 is 1.10 bits per heavy atom. The van der Waals surface area contributed by atoms with Gasteiger partial charge in [-0.15, -0.1) is 0 Å². The molecule has 1 aromatic rings. The first-order chi connectivity index (χ1) is 9.79. The van der Waals surface area contributed by atoms with E-state index >= 15 is 0 Å². The molecule has 0 spiro atoms. The molecule has 2 fully saturated rings. The van der Waals surface area contributed by atoms with Gasteiger partial charge in [-0.05, 0) is 69.3 Å². The maximum Gasteiger partial charge on any atom is 0.0541 e. The Balaban J connectivity index is 1.56. The van der Waals surface area contributed by atoms with Gasteiger partial charge in [0.1, 0.15) is 0 Å². The van der Waals surface area contributed by atoms with Gasteiger partial charge in [-0.1, -0.05) is 12.1 Å². The van der Waals surface area contributed by atoms with Crippen LogP contribution in [0.5, 0.6) is 0 Å². The summed E-state index contributed by atoms with van der Waals surface area (Å²) in [5.74, 6) is 0. The van der Waals surface area contributed by atoms with Crippen molar-refractivity contribution in [3.8, 4) is 0 Å². The van der Waals surface area contributed by atoms with Gasteiger partial charge in [-0.3, -0.25) is 4.90 Å². The molecule has 0 atom stereocenters. The third-order valence-corrected chi connectivity index (χ3v) is 4.60. The Labute approximate surface area is 122 Å². The third-order valence-electron chi connectivity index (χ3n) is 4.60. The van der Waals surface area contributed by atoms with E-state index in [1.54, 1.807) is 0 Å². The Morgan fingerprint density at radius 3 is 2.60 bits per heavy atom. The molecule has 0 bridgehead atoms. The van der Waals surface area contributed by atoms with Crippen molar-refractivity contribution in [2.75, 3.05) is 18.4 Å². The number of aliphatic hydroxyl groups is 1. The first kappa shape index (κ1) is 13.9. The summed E-state index contributed by atoms with van der Waals surface area (Å²) in [6.45, 7) is 3.58. The molecular formula is C17H26N2O. The SMILES string of the molecule is OC1CCC(Nc2cccc(CN3CCCC3)c2)CC1. The highest BCUT2D eigenvalue weighted by atomic mass is 16.3. The Hall–Kier alpha value is -1.06. The molecule has 3 nitrogen and oxygen atoms in total. The number of aliphatic hydroxyl groups excluding tert-OH is 1. The van der Waals surface area contributed by atoms with Crippen LogP contribution in [0.15, 0.2) is 24.3 Å². The van der Waals surface area contributed by atoms with Crippen LogP contribution in [0, 0.1) is 0 Å². The normalized spacial score (nSPS) is 27.6. The van der Waals surface area contributed by atoms with Gasteiger partial charge >= 0.3 is 0 Å². The average molecular weight is 274 g/mol. The topological polar surface area (TPSA) is 35.5 Å². The van der Waals surface area contributed by atoms with Crippen LogP contribution < -0.4 is 5.32 Å². The number of hydrogen-bond donors (Lipinski definition) is 2. The molecule has 0 radical (unpaired) electrons. The van der Waals surface area contributed by atoms with Gasteiger partial charge in [0, 0.05) is 18.3 Å². The van der Waals surface area contributed by atoms with Crippen molar-refractivity contribution in [3.63, 3.8) is 0 Å². The highest BCUT2D eigenvalue weighted by Gasteiger charge is 2.19. The second-order valence-electron chi connectivity index (χ2n) is 6.33. The summed E-state index contributed by atoms with van der Waals surface area (Å²) in [7, 11) is 0. The Kier molecular flexibility index (Phi) is 4.58. The molecule has 0 unspecified atom stereocenters. The zero-order valence-corrected chi connectivity index (χ0v) is 12.2. The van der Waals surface area contributed by atoms with Crippen LogP contribution in [-0.2, 0) is 6.54 Å². The average Bonchev–Trinajstić information content (AvgIpc) is 2.95. The van der Waals surface area contributed by atoms with E-state index in [9.17, 15) is 5.11 Å². The van der Waals surface area contributed by atoms with Crippen LogP contribution in [0.2, 0.25) is 0 Å². The second-order valence-corrected chi connectivity index (χ2v) is 6.33. The molecule has 110 valence electrons. The fourth-order valence-electron chi connectivity index (χ4n) is 3.41. The van der Waals surface area contributed by atoms with E-state index in [4.69, 9.17) is 0 Å². The van der Waals surface area contributed by atoms with E-state index in [2.05, 4.69) is 34.5 Å². The van der Waals surface area contributed by atoms with Gasteiger partial charge in [0.05, 0.1) is 6.10 Å². The van der Waals surface area contributed by atoms with Crippen molar-refractivity contribution >= 4 is 5.69 Å². The van der Waals surface area contributed by atoms with E-state index in [0.717, 1.165) is 32.2 Å². The smallest absolute Gasteiger partial charge is 0.0541 e. The van der Waals surface area contributed by atoms with Crippen molar-refractivity contribution in [2.45, 2.75) is 57.2 Å². The number of anilines is 1. The quantitative estimate of drug-likeness (QED) is 0.886. The molecule has 0 aromatic heterocycles. The molecule has 3 rings (SSSR count). The number of benzene rings is 1. The lowest BCUT2D eigenvalue weighted by molar-refractivity contribution is 0.126. The summed E-state index contributed by atoms with van der Waals surface area (Å²) < 4.78 is 0. The summed E-state index contributed by atoms with van der Waals surface area (Å²) in [6.07, 6.45) is 6.66. The summed E-state index contributed by atoms with van der Waals surface area (Å²) in [5.41, 5.74) is 2.65. The first-order valence-corrected chi connectivity index (χ1v) is 8.05. The van der Waals surface area contributed by atoms with Crippen LogP contribution in [0.1, 0.15) is 44.1 Å². The van der Waals surface area contributed by atoms with Crippen molar-refractivity contribution < 1.29 is 5.11 Å². The fourth-order valence-corrected chi connectivity index (χ4v) is 3.41. The molecule has 1 saturated carbocycles. The molecule has 1 saturated heterocycles. The minimum atomic E-state index is -0.0745. The predicted octanol–water partition coefficient (Wildman–Crippen LogP) is 3.00. The van der Waals surface area contributed by atoms with Gasteiger partial charge in [-0.25, -0.2) is 0 Å². The lowest BCUT2D eigenvalue weighted by atomic mass is 9.93. The lowest BCUT2D eigenvalue weighted by Crippen LogP contribution is -2.28. The van der Waals surface area contributed by atoms with Gasteiger partial charge in [0.2, 0.25) is 0 Å². The van der Waals surface area contributed by atoms with Crippen LogP contribution >= 0.6 is 0 Å².